The Labute approximate surface area is 157 Å². The summed E-state index contributed by atoms with van der Waals surface area (Å²) in [4.78, 5) is 28.3. The summed E-state index contributed by atoms with van der Waals surface area (Å²) in [5, 5.41) is 13.2. The van der Waals surface area contributed by atoms with Crippen LogP contribution in [0, 0.1) is 0 Å². The smallest absolute Gasteiger partial charge is 0.325 e. The number of nitrogens with one attached hydrogen (secondary N) is 1. The Bertz CT molecular complexity index is 851. The van der Waals surface area contributed by atoms with Gasteiger partial charge in [0.15, 0.2) is 5.54 Å². The molecule has 2 aliphatic rings. The predicted octanol–water partition coefficient (Wildman–Crippen LogP) is 1.47. The predicted molar refractivity (Wildman–Crippen MR) is 97.7 cm³/mol. The second kappa shape index (κ2) is 6.83. The lowest BCUT2D eigenvalue weighted by molar-refractivity contribution is -0.132. The Morgan fingerprint density at radius 2 is 1.96 bits per heavy atom. The zero-order chi connectivity index (χ0) is 19.0. The molecule has 3 amide bonds. The lowest BCUT2D eigenvalue weighted by Gasteiger charge is -2.31. The first-order chi connectivity index (χ1) is 13.0. The Kier molecular flexibility index (Phi) is 4.49. The van der Waals surface area contributed by atoms with Crippen molar-refractivity contribution in [1.82, 2.24) is 15.1 Å². The zero-order valence-corrected chi connectivity index (χ0v) is 15.2. The molecule has 0 bridgehead atoms. The standard InChI is InChI=1S/C20H23N3O4/c1-20(17-7-4-10-27-17)18(25)23(19(26)21-20)13-16(24)12-22-9-8-14-5-2-3-6-15(14)11-22/h2-7,10,16,24H,8-9,11-13H2,1H3,(H,21,26)/t16-,20-/m1/s1. The molecule has 27 heavy (non-hydrogen) atoms. The molecule has 2 atom stereocenters. The minimum atomic E-state index is -1.23. The number of carbonyl (C=O) groups excluding carboxylic acids is 2. The Hall–Kier alpha value is -2.64. The highest BCUT2D eigenvalue weighted by Gasteiger charge is 2.51. The van der Waals surface area contributed by atoms with Crippen LogP contribution in [-0.2, 0) is 23.3 Å². The molecule has 3 heterocycles. The fourth-order valence-electron chi connectivity index (χ4n) is 3.87. The van der Waals surface area contributed by atoms with E-state index in [2.05, 4.69) is 22.3 Å². The molecule has 0 aliphatic carbocycles. The summed E-state index contributed by atoms with van der Waals surface area (Å²) < 4.78 is 5.31. The molecule has 4 rings (SSSR count). The maximum absolute atomic E-state index is 12.8. The minimum absolute atomic E-state index is 0.0425. The number of rotatable bonds is 5. The van der Waals surface area contributed by atoms with Gasteiger partial charge in [0.05, 0.1) is 18.9 Å². The minimum Gasteiger partial charge on any atom is -0.466 e. The van der Waals surface area contributed by atoms with Gasteiger partial charge < -0.3 is 14.8 Å². The quantitative estimate of drug-likeness (QED) is 0.780. The van der Waals surface area contributed by atoms with Crippen LogP contribution in [0.2, 0.25) is 0 Å². The van der Waals surface area contributed by atoms with Crippen LogP contribution in [0.15, 0.2) is 47.1 Å². The number of nitrogens with zero attached hydrogens (tertiary/aromatic N) is 2. The van der Waals surface area contributed by atoms with E-state index in [4.69, 9.17) is 4.42 Å². The van der Waals surface area contributed by atoms with Crippen molar-refractivity contribution in [3.63, 3.8) is 0 Å². The number of furan rings is 1. The van der Waals surface area contributed by atoms with E-state index in [0.717, 1.165) is 24.4 Å². The molecular formula is C20H23N3O4. The fourth-order valence-corrected chi connectivity index (χ4v) is 3.87. The van der Waals surface area contributed by atoms with Gasteiger partial charge >= 0.3 is 6.03 Å². The van der Waals surface area contributed by atoms with Gasteiger partial charge in [0.2, 0.25) is 0 Å². The lowest BCUT2D eigenvalue weighted by atomic mass is 9.99. The van der Waals surface area contributed by atoms with E-state index in [9.17, 15) is 14.7 Å². The Balaban J connectivity index is 1.39. The number of β-amino-alcohol motifs (C(OH)–C–C–N with tert-alkyl or cyclic N) is 1. The van der Waals surface area contributed by atoms with Crippen molar-refractivity contribution >= 4 is 11.9 Å². The first-order valence-electron chi connectivity index (χ1n) is 9.12. The molecule has 1 fully saturated rings. The van der Waals surface area contributed by atoms with Crippen molar-refractivity contribution in [3.05, 3.63) is 59.5 Å². The van der Waals surface area contributed by atoms with E-state index >= 15 is 0 Å². The SMILES string of the molecule is C[C@]1(c2ccco2)NC(=O)N(C[C@H](O)CN2CCc3ccccc3C2)C1=O. The zero-order valence-electron chi connectivity index (χ0n) is 15.2. The van der Waals surface area contributed by atoms with Gasteiger partial charge in [0.25, 0.3) is 5.91 Å². The van der Waals surface area contributed by atoms with Crippen molar-refractivity contribution in [2.45, 2.75) is 31.5 Å². The summed E-state index contributed by atoms with van der Waals surface area (Å²) >= 11 is 0. The monoisotopic (exact) mass is 369 g/mol. The number of urea groups is 1. The summed E-state index contributed by atoms with van der Waals surface area (Å²) in [7, 11) is 0. The summed E-state index contributed by atoms with van der Waals surface area (Å²) in [5.41, 5.74) is 1.37. The van der Waals surface area contributed by atoms with Gasteiger partial charge in [-0.2, -0.15) is 0 Å². The maximum Gasteiger partial charge on any atom is 0.325 e. The molecule has 1 saturated heterocycles. The van der Waals surface area contributed by atoms with E-state index in [1.165, 1.54) is 17.4 Å². The number of hydrogen-bond acceptors (Lipinski definition) is 5. The summed E-state index contributed by atoms with van der Waals surface area (Å²) in [6.45, 7) is 3.58. The first kappa shape index (κ1) is 17.8. The van der Waals surface area contributed by atoms with Crippen LogP contribution in [0.25, 0.3) is 0 Å². The van der Waals surface area contributed by atoms with Gasteiger partial charge in [0, 0.05) is 19.6 Å². The van der Waals surface area contributed by atoms with Gasteiger partial charge in [-0.25, -0.2) is 4.79 Å². The molecule has 2 aromatic rings. The molecule has 7 heteroatoms. The van der Waals surface area contributed by atoms with Crippen LogP contribution in [-0.4, -0.2) is 52.6 Å². The number of fused-ring (bicyclic) bond motifs is 1. The number of imide groups is 1. The van der Waals surface area contributed by atoms with Crippen molar-refractivity contribution in [2.24, 2.45) is 0 Å². The van der Waals surface area contributed by atoms with E-state index in [0.29, 0.717) is 12.3 Å². The van der Waals surface area contributed by atoms with E-state index in [1.807, 2.05) is 12.1 Å². The summed E-state index contributed by atoms with van der Waals surface area (Å²) in [6.07, 6.45) is 1.58. The average molecular weight is 369 g/mol. The average Bonchev–Trinajstić information content (AvgIpc) is 3.26. The molecule has 7 nitrogen and oxygen atoms in total. The normalized spacial score (nSPS) is 24.0. The summed E-state index contributed by atoms with van der Waals surface area (Å²) in [5.74, 6) is -0.0315. The third kappa shape index (κ3) is 3.24. The third-order valence-electron chi connectivity index (χ3n) is 5.36. The highest BCUT2D eigenvalue weighted by molar-refractivity contribution is 6.06. The van der Waals surface area contributed by atoms with Crippen molar-refractivity contribution in [2.75, 3.05) is 19.6 Å². The Morgan fingerprint density at radius 3 is 2.70 bits per heavy atom. The van der Waals surface area contributed by atoms with Gasteiger partial charge in [-0.3, -0.25) is 14.6 Å². The maximum atomic E-state index is 12.8. The number of amides is 3. The largest absolute Gasteiger partial charge is 0.466 e. The first-order valence-corrected chi connectivity index (χ1v) is 9.12. The van der Waals surface area contributed by atoms with Crippen molar-refractivity contribution in [1.29, 1.82) is 0 Å². The van der Waals surface area contributed by atoms with Crippen LogP contribution in [0.1, 0.15) is 23.8 Å². The highest BCUT2D eigenvalue weighted by Crippen LogP contribution is 2.29. The second-order valence-corrected chi connectivity index (χ2v) is 7.36. The van der Waals surface area contributed by atoms with E-state index in [-0.39, 0.29) is 6.54 Å². The molecule has 0 spiro atoms. The molecule has 1 aromatic carbocycles. The van der Waals surface area contributed by atoms with Crippen LogP contribution in [0.4, 0.5) is 4.79 Å². The molecule has 142 valence electrons. The van der Waals surface area contributed by atoms with E-state index in [1.54, 1.807) is 19.1 Å². The van der Waals surface area contributed by atoms with Gasteiger partial charge in [-0.1, -0.05) is 24.3 Å². The van der Waals surface area contributed by atoms with Crippen molar-refractivity contribution in [3.8, 4) is 0 Å². The van der Waals surface area contributed by atoms with Crippen LogP contribution >= 0.6 is 0 Å². The number of aliphatic hydroxyl groups is 1. The van der Waals surface area contributed by atoms with Crippen LogP contribution < -0.4 is 5.32 Å². The highest BCUT2D eigenvalue weighted by atomic mass is 16.3. The number of benzene rings is 1. The molecule has 0 radical (unpaired) electrons. The number of carbonyl (C=O) groups is 2. The number of hydrogen-bond donors (Lipinski definition) is 2. The molecular weight excluding hydrogens is 346 g/mol. The van der Waals surface area contributed by atoms with Gasteiger partial charge in [-0.05, 0) is 36.6 Å². The molecule has 0 unspecified atom stereocenters. The van der Waals surface area contributed by atoms with Crippen LogP contribution in [0.3, 0.4) is 0 Å². The third-order valence-corrected chi connectivity index (χ3v) is 5.36. The van der Waals surface area contributed by atoms with Crippen LogP contribution in [0.5, 0.6) is 0 Å². The Morgan fingerprint density at radius 1 is 1.19 bits per heavy atom. The van der Waals surface area contributed by atoms with Gasteiger partial charge in [0.1, 0.15) is 5.76 Å². The van der Waals surface area contributed by atoms with E-state index < -0.39 is 23.6 Å². The molecule has 2 N–H and O–H groups in total. The van der Waals surface area contributed by atoms with Gasteiger partial charge in [-0.15, -0.1) is 0 Å². The topological polar surface area (TPSA) is 86.0 Å². The van der Waals surface area contributed by atoms with Crippen molar-refractivity contribution < 1.29 is 19.1 Å². The lowest BCUT2D eigenvalue weighted by Crippen LogP contribution is -2.45. The molecule has 1 aromatic heterocycles. The molecule has 2 aliphatic heterocycles. The number of aliphatic hydroxyl groups excluding tert-OH is 1. The summed E-state index contributed by atoms with van der Waals surface area (Å²) in [6, 6.07) is 11.1. The molecule has 0 saturated carbocycles. The second-order valence-electron chi connectivity index (χ2n) is 7.36. The fraction of sp³-hybridized carbons (Fsp3) is 0.400.